The SMILES string of the molecule is N/C=C(/c1cccc(C=O)c1)c1cccnc1S(=O)(=O)c1ccccc1. The number of aromatic nitrogens is 1. The largest absolute Gasteiger partial charge is 0.404 e. The molecule has 1 heterocycles. The Labute approximate surface area is 151 Å². The van der Waals surface area contributed by atoms with Crippen molar-refractivity contribution in [1.82, 2.24) is 4.98 Å². The zero-order valence-corrected chi connectivity index (χ0v) is 14.6. The lowest BCUT2D eigenvalue weighted by atomic mass is 9.99. The molecule has 0 aliphatic rings. The zero-order valence-electron chi connectivity index (χ0n) is 13.7. The van der Waals surface area contributed by atoms with Gasteiger partial charge in [-0.1, -0.05) is 36.4 Å². The Kier molecular flexibility index (Phi) is 4.95. The zero-order chi connectivity index (χ0) is 18.6. The normalized spacial score (nSPS) is 11.9. The van der Waals surface area contributed by atoms with Crippen molar-refractivity contribution >= 4 is 21.7 Å². The summed E-state index contributed by atoms with van der Waals surface area (Å²) in [5, 5.41) is -0.0839. The highest BCUT2D eigenvalue weighted by molar-refractivity contribution is 7.91. The van der Waals surface area contributed by atoms with E-state index in [0.717, 1.165) is 6.29 Å². The van der Waals surface area contributed by atoms with E-state index in [-0.39, 0.29) is 9.92 Å². The number of sulfone groups is 1. The van der Waals surface area contributed by atoms with E-state index >= 15 is 0 Å². The number of aldehydes is 1. The summed E-state index contributed by atoms with van der Waals surface area (Å²) in [5.41, 5.74) is 7.77. The highest BCUT2D eigenvalue weighted by Gasteiger charge is 2.24. The van der Waals surface area contributed by atoms with Crippen molar-refractivity contribution in [2.24, 2.45) is 5.73 Å². The molecule has 0 amide bonds. The van der Waals surface area contributed by atoms with Gasteiger partial charge in [0.1, 0.15) is 6.29 Å². The summed E-state index contributed by atoms with van der Waals surface area (Å²) in [6, 6.07) is 18.2. The number of hydrogen-bond acceptors (Lipinski definition) is 5. The van der Waals surface area contributed by atoms with E-state index in [1.807, 2.05) is 0 Å². The van der Waals surface area contributed by atoms with E-state index in [4.69, 9.17) is 5.73 Å². The third-order valence-electron chi connectivity index (χ3n) is 3.87. The van der Waals surface area contributed by atoms with Crippen molar-refractivity contribution < 1.29 is 13.2 Å². The maximum atomic E-state index is 13.0. The highest BCUT2D eigenvalue weighted by atomic mass is 32.2. The van der Waals surface area contributed by atoms with Crippen LogP contribution in [-0.4, -0.2) is 19.7 Å². The Balaban J connectivity index is 2.19. The number of benzene rings is 2. The topological polar surface area (TPSA) is 90.1 Å². The van der Waals surface area contributed by atoms with Crippen molar-refractivity contribution in [2.45, 2.75) is 9.92 Å². The van der Waals surface area contributed by atoms with Gasteiger partial charge in [-0.15, -0.1) is 0 Å². The smallest absolute Gasteiger partial charge is 0.224 e. The Morgan fingerprint density at radius 1 is 0.962 bits per heavy atom. The first-order valence-corrected chi connectivity index (χ1v) is 9.29. The third kappa shape index (κ3) is 3.27. The number of carbonyl (C=O) groups is 1. The van der Waals surface area contributed by atoms with Crippen LogP contribution in [0.4, 0.5) is 0 Å². The molecule has 0 saturated heterocycles. The van der Waals surface area contributed by atoms with Gasteiger partial charge < -0.3 is 5.73 Å². The first-order valence-electron chi connectivity index (χ1n) is 7.81. The maximum absolute atomic E-state index is 13.0. The molecular formula is C20H16N2O3S. The van der Waals surface area contributed by atoms with Crippen molar-refractivity contribution in [3.8, 4) is 0 Å². The van der Waals surface area contributed by atoms with Gasteiger partial charge in [-0.05, 0) is 35.9 Å². The van der Waals surface area contributed by atoms with E-state index in [2.05, 4.69) is 4.98 Å². The average Bonchev–Trinajstić information content (AvgIpc) is 2.70. The molecule has 0 spiro atoms. The fourth-order valence-electron chi connectivity index (χ4n) is 2.64. The number of carbonyl (C=O) groups excluding carboxylic acids is 1. The van der Waals surface area contributed by atoms with Crippen LogP contribution in [0.5, 0.6) is 0 Å². The van der Waals surface area contributed by atoms with E-state index in [1.54, 1.807) is 54.6 Å². The summed E-state index contributed by atoms with van der Waals surface area (Å²) < 4.78 is 26.1. The van der Waals surface area contributed by atoms with Crippen LogP contribution in [0, 0.1) is 0 Å². The van der Waals surface area contributed by atoms with Crippen LogP contribution in [0.1, 0.15) is 21.5 Å². The highest BCUT2D eigenvalue weighted by Crippen LogP contribution is 2.30. The summed E-state index contributed by atoms with van der Waals surface area (Å²) >= 11 is 0. The minimum Gasteiger partial charge on any atom is -0.404 e. The first-order chi connectivity index (χ1) is 12.6. The summed E-state index contributed by atoms with van der Waals surface area (Å²) in [6.45, 7) is 0. The fourth-order valence-corrected chi connectivity index (χ4v) is 4.05. The average molecular weight is 364 g/mol. The fraction of sp³-hybridized carbons (Fsp3) is 0. The Morgan fingerprint density at radius 2 is 1.73 bits per heavy atom. The second-order valence-corrected chi connectivity index (χ2v) is 7.36. The predicted molar refractivity (Wildman–Crippen MR) is 99.2 cm³/mol. The minimum atomic E-state index is -3.83. The van der Waals surface area contributed by atoms with Crippen molar-refractivity contribution in [3.63, 3.8) is 0 Å². The lowest BCUT2D eigenvalue weighted by Gasteiger charge is -2.13. The minimum absolute atomic E-state index is 0.0839. The lowest BCUT2D eigenvalue weighted by molar-refractivity contribution is 0.112. The van der Waals surface area contributed by atoms with E-state index in [9.17, 15) is 13.2 Å². The van der Waals surface area contributed by atoms with Crippen LogP contribution in [0.25, 0.3) is 5.57 Å². The maximum Gasteiger partial charge on any atom is 0.224 e. The first kappa shape index (κ1) is 17.6. The van der Waals surface area contributed by atoms with Gasteiger partial charge >= 0.3 is 0 Å². The van der Waals surface area contributed by atoms with Crippen molar-refractivity contribution in [2.75, 3.05) is 0 Å². The number of nitrogens with zero attached hydrogens (tertiary/aromatic N) is 1. The summed E-state index contributed by atoms with van der Waals surface area (Å²) in [4.78, 5) is 15.3. The summed E-state index contributed by atoms with van der Waals surface area (Å²) in [6.07, 6.45) is 3.47. The predicted octanol–water partition coefficient (Wildman–Crippen LogP) is 3.07. The molecule has 26 heavy (non-hydrogen) atoms. The molecule has 1 aromatic heterocycles. The molecule has 130 valence electrons. The van der Waals surface area contributed by atoms with Crippen LogP contribution >= 0.6 is 0 Å². The molecule has 0 unspecified atom stereocenters. The van der Waals surface area contributed by atoms with Gasteiger partial charge in [0, 0.05) is 29.1 Å². The summed E-state index contributed by atoms with van der Waals surface area (Å²) in [5.74, 6) is 0. The number of hydrogen-bond donors (Lipinski definition) is 1. The molecule has 0 atom stereocenters. The molecule has 0 bridgehead atoms. The molecule has 5 nitrogen and oxygen atoms in total. The van der Waals surface area contributed by atoms with Crippen LogP contribution in [0.15, 0.2) is 89.0 Å². The van der Waals surface area contributed by atoms with Gasteiger partial charge in [-0.3, -0.25) is 4.79 Å². The molecule has 0 saturated carbocycles. The van der Waals surface area contributed by atoms with Gasteiger partial charge in [0.25, 0.3) is 0 Å². The Hall–Kier alpha value is -3.25. The van der Waals surface area contributed by atoms with Crippen LogP contribution in [0.2, 0.25) is 0 Å². The molecule has 0 fully saturated rings. The molecule has 6 heteroatoms. The van der Waals surface area contributed by atoms with Gasteiger partial charge in [0.2, 0.25) is 9.84 Å². The van der Waals surface area contributed by atoms with Crippen LogP contribution in [-0.2, 0) is 9.84 Å². The molecule has 2 N–H and O–H groups in total. The van der Waals surface area contributed by atoms with Gasteiger partial charge in [0.05, 0.1) is 4.90 Å². The van der Waals surface area contributed by atoms with E-state index in [1.165, 1.54) is 24.5 Å². The molecule has 0 aliphatic heterocycles. The Morgan fingerprint density at radius 3 is 2.42 bits per heavy atom. The summed E-state index contributed by atoms with van der Waals surface area (Å²) in [7, 11) is -3.83. The second-order valence-electron chi connectivity index (χ2n) is 5.50. The Bertz CT molecular complexity index is 1070. The molecule has 3 rings (SSSR count). The van der Waals surface area contributed by atoms with E-state index in [0.29, 0.717) is 22.3 Å². The van der Waals surface area contributed by atoms with Gasteiger partial charge in [-0.25, -0.2) is 13.4 Å². The second kappa shape index (κ2) is 7.33. The molecular weight excluding hydrogens is 348 g/mol. The quantitative estimate of drug-likeness (QED) is 0.703. The third-order valence-corrected chi connectivity index (χ3v) is 5.60. The number of pyridine rings is 1. The number of nitrogens with two attached hydrogens (primary N) is 1. The monoisotopic (exact) mass is 364 g/mol. The molecule has 3 aromatic rings. The van der Waals surface area contributed by atoms with Crippen LogP contribution < -0.4 is 5.73 Å². The molecule has 0 aliphatic carbocycles. The van der Waals surface area contributed by atoms with Gasteiger partial charge in [0.15, 0.2) is 5.03 Å². The lowest BCUT2D eigenvalue weighted by Crippen LogP contribution is -2.09. The standard InChI is InChI=1S/C20H16N2O3S/c21-13-19(16-7-4-6-15(12-16)14-23)18-10-5-11-22-20(18)26(24,25)17-8-2-1-3-9-17/h1-14H,21H2/b19-13-. The molecule has 2 aromatic carbocycles. The van der Waals surface area contributed by atoms with Crippen molar-refractivity contribution in [1.29, 1.82) is 0 Å². The van der Waals surface area contributed by atoms with Crippen molar-refractivity contribution in [3.05, 3.63) is 95.8 Å². The number of rotatable bonds is 5. The van der Waals surface area contributed by atoms with E-state index < -0.39 is 9.84 Å². The van der Waals surface area contributed by atoms with Crippen LogP contribution in [0.3, 0.4) is 0 Å². The molecule has 0 radical (unpaired) electrons. The van der Waals surface area contributed by atoms with Gasteiger partial charge in [-0.2, -0.15) is 0 Å².